The van der Waals surface area contributed by atoms with E-state index >= 15 is 0 Å². The van der Waals surface area contributed by atoms with Gasteiger partial charge in [-0.25, -0.2) is 4.79 Å². The van der Waals surface area contributed by atoms with Crippen molar-refractivity contribution in [3.05, 3.63) is 0 Å². The summed E-state index contributed by atoms with van der Waals surface area (Å²) in [6.45, 7) is 2.04. The molecule has 0 aromatic heterocycles. The van der Waals surface area contributed by atoms with Crippen LogP contribution in [-0.2, 0) is 14.4 Å². The monoisotopic (exact) mass is 241 g/mol. The Morgan fingerprint density at radius 1 is 1.35 bits per heavy atom. The van der Waals surface area contributed by atoms with Gasteiger partial charge in [-0.1, -0.05) is 32.6 Å². The lowest BCUT2D eigenvalue weighted by atomic mass is 10.1. The van der Waals surface area contributed by atoms with E-state index in [9.17, 15) is 14.4 Å². The third kappa shape index (κ3) is 3.84. The summed E-state index contributed by atoms with van der Waals surface area (Å²) < 4.78 is 0. The second-order valence-electron chi connectivity index (χ2n) is 4.44. The number of carboxylic acid groups (broad SMARTS) is 1. The topological polar surface area (TPSA) is 74.7 Å². The third-order valence-corrected chi connectivity index (χ3v) is 3.01. The van der Waals surface area contributed by atoms with Crippen LogP contribution in [0.15, 0.2) is 0 Å². The summed E-state index contributed by atoms with van der Waals surface area (Å²) in [6, 6.07) is -0.828. The number of hydrogen-bond donors (Lipinski definition) is 1. The van der Waals surface area contributed by atoms with Crippen molar-refractivity contribution in [1.29, 1.82) is 0 Å². The predicted octanol–water partition coefficient (Wildman–Crippen LogP) is 1.21. The number of likely N-dealkylation sites (tertiary alicyclic amines) is 1. The molecule has 1 atom stereocenters. The SMILES string of the molecule is CCCCCCC(C(=O)O)N1CC(=O)CC1=O. The minimum Gasteiger partial charge on any atom is -0.480 e. The van der Waals surface area contributed by atoms with Gasteiger partial charge in [0.1, 0.15) is 6.04 Å². The van der Waals surface area contributed by atoms with Gasteiger partial charge < -0.3 is 10.0 Å². The number of hydrogen-bond acceptors (Lipinski definition) is 3. The van der Waals surface area contributed by atoms with Gasteiger partial charge in [-0.3, -0.25) is 9.59 Å². The molecule has 1 fully saturated rings. The van der Waals surface area contributed by atoms with Gasteiger partial charge in [-0.15, -0.1) is 0 Å². The summed E-state index contributed by atoms with van der Waals surface area (Å²) in [5.74, 6) is -1.54. The second kappa shape index (κ2) is 6.37. The maximum Gasteiger partial charge on any atom is 0.326 e. The molecule has 1 rings (SSSR count). The zero-order valence-electron chi connectivity index (χ0n) is 10.1. The highest BCUT2D eigenvalue weighted by atomic mass is 16.4. The second-order valence-corrected chi connectivity index (χ2v) is 4.44. The van der Waals surface area contributed by atoms with Gasteiger partial charge in [0, 0.05) is 0 Å². The van der Waals surface area contributed by atoms with E-state index in [4.69, 9.17) is 5.11 Å². The van der Waals surface area contributed by atoms with E-state index in [1.165, 1.54) is 4.90 Å². The van der Waals surface area contributed by atoms with Crippen LogP contribution >= 0.6 is 0 Å². The molecule has 0 spiro atoms. The fourth-order valence-electron chi connectivity index (χ4n) is 2.07. The minimum atomic E-state index is -1.01. The van der Waals surface area contributed by atoms with Crippen LogP contribution < -0.4 is 0 Å². The number of carbonyl (C=O) groups is 3. The summed E-state index contributed by atoms with van der Waals surface area (Å²) in [7, 11) is 0. The van der Waals surface area contributed by atoms with Crippen molar-refractivity contribution in [3.63, 3.8) is 0 Å². The maximum absolute atomic E-state index is 11.5. The molecule has 1 heterocycles. The van der Waals surface area contributed by atoms with Crippen LogP contribution in [0.3, 0.4) is 0 Å². The Labute approximate surface area is 101 Å². The van der Waals surface area contributed by atoms with Crippen LogP contribution in [0.25, 0.3) is 0 Å². The Balaban J connectivity index is 2.51. The molecule has 1 aliphatic rings. The molecule has 1 N–H and O–H groups in total. The number of ketones is 1. The van der Waals surface area contributed by atoms with Gasteiger partial charge in [0.25, 0.3) is 0 Å². The number of rotatable bonds is 7. The average molecular weight is 241 g/mol. The fraction of sp³-hybridized carbons (Fsp3) is 0.750. The Hall–Kier alpha value is -1.39. The van der Waals surface area contributed by atoms with E-state index in [-0.39, 0.29) is 24.7 Å². The first kappa shape index (κ1) is 13.7. The zero-order chi connectivity index (χ0) is 12.8. The molecule has 1 aliphatic heterocycles. The molecule has 0 aliphatic carbocycles. The van der Waals surface area contributed by atoms with Crippen molar-refractivity contribution in [1.82, 2.24) is 4.90 Å². The highest BCUT2D eigenvalue weighted by molar-refractivity contribution is 6.06. The number of Topliss-reactive ketones (excluding diaryl/α,β-unsaturated/α-hetero) is 1. The fourth-order valence-corrected chi connectivity index (χ4v) is 2.07. The first-order chi connectivity index (χ1) is 8.06. The Kier molecular flexibility index (Phi) is 5.12. The molecule has 0 aromatic rings. The van der Waals surface area contributed by atoms with E-state index in [1.807, 2.05) is 0 Å². The first-order valence-corrected chi connectivity index (χ1v) is 6.10. The van der Waals surface area contributed by atoms with Gasteiger partial charge in [-0.2, -0.15) is 0 Å². The molecular weight excluding hydrogens is 222 g/mol. The molecular formula is C12H19NO4. The van der Waals surface area contributed by atoms with Crippen molar-refractivity contribution < 1.29 is 19.5 Å². The predicted molar refractivity (Wildman–Crippen MR) is 61.5 cm³/mol. The normalized spacial score (nSPS) is 17.6. The number of carboxylic acids is 1. The van der Waals surface area contributed by atoms with E-state index in [0.29, 0.717) is 6.42 Å². The van der Waals surface area contributed by atoms with E-state index in [1.54, 1.807) is 0 Å². The largest absolute Gasteiger partial charge is 0.480 e. The van der Waals surface area contributed by atoms with E-state index in [2.05, 4.69) is 6.92 Å². The summed E-state index contributed by atoms with van der Waals surface area (Å²) >= 11 is 0. The average Bonchev–Trinajstić information content (AvgIpc) is 2.57. The van der Waals surface area contributed by atoms with Gasteiger partial charge in [0.15, 0.2) is 5.78 Å². The number of aliphatic carboxylic acids is 1. The molecule has 0 radical (unpaired) electrons. The standard InChI is InChI=1S/C12H19NO4/c1-2-3-4-5-6-10(12(16)17)13-8-9(14)7-11(13)15/h10H,2-8H2,1H3,(H,16,17). The van der Waals surface area contributed by atoms with Gasteiger partial charge in [0.05, 0.1) is 13.0 Å². The van der Waals surface area contributed by atoms with Crippen LogP contribution in [0, 0.1) is 0 Å². The van der Waals surface area contributed by atoms with Gasteiger partial charge in [-0.05, 0) is 6.42 Å². The van der Waals surface area contributed by atoms with Crippen molar-refractivity contribution in [2.75, 3.05) is 6.54 Å². The summed E-state index contributed by atoms with van der Waals surface area (Å²) in [5, 5.41) is 9.09. The highest BCUT2D eigenvalue weighted by Gasteiger charge is 2.36. The third-order valence-electron chi connectivity index (χ3n) is 3.01. The van der Waals surface area contributed by atoms with Crippen LogP contribution in [0.4, 0.5) is 0 Å². The molecule has 0 bridgehead atoms. The summed E-state index contributed by atoms with van der Waals surface area (Å²) in [6.07, 6.45) is 4.20. The lowest BCUT2D eigenvalue weighted by Gasteiger charge is -2.23. The number of amides is 1. The minimum absolute atomic E-state index is 0.0381. The lowest BCUT2D eigenvalue weighted by molar-refractivity contribution is -0.148. The summed E-state index contributed by atoms with van der Waals surface area (Å²) in [5.41, 5.74) is 0. The lowest BCUT2D eigenvalue weighted by Crippen LogP contribution is -2.42. The molecule has 1 saturated heterocycles. The Bertz CT molecular complexity index is 314. The number of carbonyl (C=O) groups excluding carboxylic acids is 2. The summed E-state index contributed by atoms with van der Waals surface area (Å²) in [4.78, 5) is 34.9. The zero-order valence-corrected chi connectivity index (χ0v) is 10.1. The van der Waals surface area contributed by atoms with Crippen molar-refractivity contribution >= 4 is 17.7 Å². The molecule has 1 amide bonds. The Morgan fingerprint density at radius 2 is 2.06 bits per heavy atom. The molecule has 0 saturated carbocycles. The smallest absolute Gasteiger partial charge is 0.326 e. The molecule has 1 unspecified atom stereocenters. The van der Waals surface area contributed by atoms with Crippen molar-refractivity contribution in [3.8, 4) is 0 Å². The van der Waals surface area contributed by atoms with Gasteiger partial charge >= 0.3 is 5.97 Å². The van der Waals surface area contributed by atoms with Crippen LogP contribution in [-0.4, -0.2) is 40.3 Å². The molecule has 17 heavy (non-hydrogen) atoms. The highest BCUT2D eigenvalue weighted by Crippen LogP contribution is 2.17. The van der Waals surface area contributed by atoms with Crippen LogP contribution in [0.1, 0.15) is 45.4 Å². The Morgan fingerprint density at radius 3 is 2.53 bits per heavy atom. The van der Waals surface area contributed by atoms with E-state index in [0.717, 1.165) is 25.7 Å². The number of nitrogens with zero attached hydrogens (tertiary/aromatic N) is 1. The van der Waals surface area contributed by atoms with Gasteiger partial charge in [0.2, 0.25) is 5.91 Å². The van der Waals surface area contributed by atoms with E-state index < -0.39 is 12.0 Å². The molecule has 0 aromatic carbocycles. The van der Waals surface area contributed by atoms with Crippen molar-refractivity contribution in [2.45, 2.75) is 51.5 Å². The molecule has 5 nitrogen and oxygen atoms in total. The van der Waals surface area contributed by atoms with Crippen LogP contribution in [0.5, 0.6) is 0 Å². The van der Waals surface area contributed by atoms with Crippen molar-refractivity contribution in [2.24, 2.45) is 0 Å². The quantitative estimate of drug-likeness (QED) is 0.537. The maximum atomic E-state index is 11.5. The molecule has 96 valence electrons. The molecule has 5 heteroatoms. The van der Waals surface area contributed by atoms with Crippen LogP contribution in [0.2, 0.25) is 0 Å². The first-order valence-electron chi connectivity index (χ1n) is 6.10. The number of unbranched alkanes of at least 4 members (excludes halogenated alkanes) is 3.